The van der Waals surface area contributed by atoms with Gasteiger partial charge in [-0.2, -0.15) is 4.98 Å². The zero-order valence-electron chi connectivity index (χ0n) is 14.1. The van der Waals surface area contributed by atoms with Gasteiger partial charge in [-0.05, 0) is 42.9 Å². The molecule has 2 aromatic heterocycles. The summed E-state index contributed by atoms with van der Waals surface area (Å²) in [6.07, 6.45) is 4.46. The second-order valence-electron chi connectivity index (χ2n) is 6.60. The Balaban J connectivity index is 1.44. The van der Waals surface area contributed by atoms with Crippen molar-refractivity contribution in [2.24, 2.45) is 5.92 Å². The average molecular weight is 371 g/mol. The molecule has 26 heavy (non-hydrogen) atoms. The molecule has 4 rings (SSSR count). The molecule has 0 spiro atoms. The van der Waals surface area contributed by atoms with E-state index in [-0.39, 0.29) is 17.3 Å². The highest BCUT2D eigenvalue weighted by molar-refractivity contribution is 7.15. The molecule has 3 heterocycles. The lowest BCUT2D eigenvalue weighted by atomic mass is 9.90. The van der Waals surface area contributed by atoms with E-state index >= 15 is 0 Å². The van der Waals surface area contributed by atoms with E-state index in [1.54, 1.807) is 15.5 Å². The number of likely N-dealkylation sites (tertiary alicyclic amines) is 1. The van der Waals surface area contributed by atoms with E-state index in [0.717, 1.165) is 24.8 Å². The molecule has 134 valence electrons. The minimum Gasteiger partial charge on any atom is -0.337 e. The minimum absolute atomic E-state index is 0.127. The number of fused-ring (bicyclic) bond motifs is 1. The number of carbonyl (C=O) groups is 1. The molecule has 0 aliphatic carbocycles. The van der Waals surface area contributed by atoms with Crippen molar-refractivity contribution >= 4 is 22.2 Å². The van der Waals surface area contributed by atoms with Crippen LogP contribution in [0.1, 0.15) is 28.9 Å². The fraction of sp³-hybridized carbons (Fsp3) is 0.316. The number of hydrogen-bond donors (Lipinski definition) is 0. The fourth-order valence-corrected chi connectivity index (χ4v) is 4.19. The van der Waals surface area contributed by atoms with Crippen molar-refractivity contribution < 1.29 is 9.18 Å². The third-order valence-corrected chi connectivity index (χ3v) is 5.63. The molecule has 0 saturated carbocycles. The van der Waals surface area contributed by atoms with Gasteiger partial charge >= 0.3 is 0 Å². The fourth-order valence-electron chi connectivity index (χ4n) is 3.47. The molecule has 0 bridgehead atoms. The van der Waals surface area contributed by atoms with Crippen LogP contribution in [0.2, 0.25) is 0 Å². The lowest BCUT2D eigenvalue weighted by Crippen LogP contribution is -2.40. The largest absolute Gasteiger partial charge is 0.337 e. The molecule has 7 heteroatoms. The van der Waals surface area contributed by atoms with Crippen molar-refractivity contribution in [3.63, 3.8) is 0 Å². The molecule has 1 aromatic carbocycles. The van der Waals surface area contributed by atoms with Gasteiger partial charge in [0.2, 0.25) is 0 Å². The topological polar surface area (TPSA) is 54.7 Å². The molecule has 3 aromatic rings. The van der Waals surface area contributed by atoms with E-state index < -0.39 is 0 Å². The van der Waals surface area contributed by atoms with Gasteiger partial charge in [0, 0.05) is 30.7 Å². The van der Waals surface area contributed by atoms with E-state index in [4.69, 9.17) is 0 Å². The van der Waals surface area contributed by atoms with Crippen LogP contribution in [0.3, 0.4) is 0 Å². The first-order valence-corrected chi connectivity index (χ1v) is 9.49. The zero-order chi connectivity index (χ0) is 18.1. The Morgan fingerprint density at radius 3 is 2.69 bits per heavy atom. The third-order valence-electron chi connectivity index (χ3n) is 4.87. The Morgan fingerprint density at radius 1 is 1.23 bits per heavy atom. The number of carbonyl (C=O) groups excluding carboxylic acids is 1. The van der Waals surface area contributed by atoms with E-state index in [9.17, 15) is 14.0 Å². The summed E-state index contributed by atoms with van der Waals surface area (Å²) in [7, 11) is 0. The zero-order valence-corrected chi connectivity index (χ0v) is 14.9. The van der Waals surface area contributed by atoms with E-state index in [0.29, 0.717) is 29.7 Å². The van der Waals surface area contributed by atoms with E-state index in [2.05, 4.69) is 4.98 Å². The molecule has 1 saturated heterocycles. The monoisotopic (exact) mass is 371 g/mol. The number of halogens is 1. The highest BCUT2D eigenvalue weighted by Crippen LogP contribution is 2.23. The van der Waals surface area contributed by atoms with Crippen molar-refractivity contribution in [1.82, 2.24) is 14.3 Å². The number of thiazole rings is 1. The van der Waals surface area contributed by atoms with Gasteiger partial charge in [-0.25, -0.2) is 4.39 Å². The summed E-state index contributed by atoms with van der Waals surface area (Å²) in [4.78, 5) is 30.9. The third kappa shape index (κ3) is 3.39. The summed E-state index contributed by atoms with van der Waals surface area (Å²) in [6.45, 7) is 1.32. The molecule has 1 amide bonds. The SMILES string of the molecule is O=C(c1cc(=O)nc2sccn12)N1CCC(Cc2ccc(F)cc2)CC1. The Kier molecular flexibility index (Phi) is 4.55. The number of piperidine rings is 1. The molecule has 0 radical (unpaired) electrons. The van der Waals surface area contributed by atoms with Crippen LogP contribution in [-0.4, -0.2) is 33.3 Å². The lowest BCUT2D eigenvalue weighted by molar-refractivity contribution is 0.0683. The van der Waals surface area contributed by atoms with Crippen LogP contribution >= 0.6 is 11.3 Å². The normalized spacial score (nSPS) is 15.5. The molecular formula is C19H18FN3O2S. The summed E-state index contributed by atoms with van der Waals surface area (Å²) >= 11 is 1.34. The maximum atomic E-state index is 13.0. The van der Waals surface area contributed by atoms with Crippen LogP contribution in [0.5, 0.6) is 0 Å². The molecule has 1 fully saturated rings. The molecule has 1 aliphatic rings. The second kappa shape index (κ2) is 6.99. The highest BCUT2D eigenvalue weighted by Gasteiger charge is 2.25. The summed E-state index contributed by atoms with van der Waals surface area (Å²) in [6, 6.07) is 7.93. The lowest BCUT2D eigenvalue weighted by Gasteiger charge is -2.32. The molecule has 0 unspecified atom stereocenters. The Hall–Kier alpha value is -2.54. The highest BCUT2D eigenvalue weighted by atomic mass is 32.1. The predicted octanol–water partition coefficient (Wildman–Crippen LogP) is 2.99. The number of nitrogens with zero attached hydrogens (tertiary/aromatic N) is 3. The van der Waals surface area contributed by atoms with Gasteiger partial charge in [0.1, 0.15) is 11.5 Å². The number of benzene rings is 1. The van der Waals surface area contributed by atoms with Gasteiger partial charge in [0.05, 0.1) is 0 Å². The van der Waals surface area contributed by atoms with Crippen LogP contribution in [-0.2, 0) is 6.42 Å². The Labute approximate surface area is 153 Å². The summed E-state index contributed by atoms with van der Waals surface area (Å²) in [5.74, 6) is 0.130. The summed E-state index contributed by atoms with van der Waals surface area (Å²) in [5, 5.41) is 1.81. The number of rotatable bonds is 3. The first kappa shape index (κ1) is 16.9. The Morgan fingerprint density at radius 2 is 1.96 bits per heavy atom. The van der Waals surface area contributed by atoms with Crippen molar-refractivity contribution in [1.29, 1.82) is 0 Å². The maximum absolute atomic E-state index is 13.0. The summed E-state index contributed by atoms with van der Waals surface area (Å²) < 4.78 is 14.7. The smallest absolute Gasteiger partial charge is 0.274 e. The number of hydrogen-bond acceptors (Lipinski definition) is 4. The molecule has 0 N–H and O–H groups in total. The molecular weight excluding hydrogens is 353 g/mol. The van der Waals surface area contributed by atoms with Crippen LogP contribution in [0.4, 0.5) is 4.39 Å². The maximum Gasteiger partial charge on any atom is 0.274 e. The van der Waals surface area contributed by atoms with Crippen molar-refractivity contribution in [3.8, 4) is 0 Å². The van der Waals surface area contributed by atoms with Gasteiger partial charge in [-0.1, -0.05) is 12.1 Å². The quantitative estimate of drug-likeness (QED) is 0.711. The first-order valence-electron chi connectivity index (χ1n) is 8.61. The van der Waals surface area contributed by atoms with Crippen LogP contribution in [0, 0.1) is 11.7 Å². The van der Waals surface area contributed by atoms with E-state index in [1.165, 1.54) is 29.5 Å². The number of amides is 1. The molecule has 1 aliphatic heterocycles. The predicted molar refractivity (Wildman–Crippen MR) is 98.1 cm³/mol. The van der Waals surface area contributed by atoms with Crippen molar-refractivity contribution in [2.45, 2.75) is 19.3 Å². The molecule has 0 atom stereocenters. The van der Waals surface area contributed by atoms with E-state index in [1.807, 2.05) is 17.5 Å². The number of aromatic nitrogens is 2. The second-order valence-corrected chi connectivity index (χ2v) is 7.47. The van der Waals surface area contributed by atoms with Crippen molar-refractivity contribution in [2.75, 3.05) is 13.1 Å². The standard InChI is InChI=1S/C19H18FN3O2S/c20-15-3-1-13(2-4-15)11-14-5-7-22(8-6-14)18(25)16-12-17(24)21-19-23(16)9-10-26-19/h1-4,9-10,12,14H,5-8,11H2. The van der Waals surface area contributed by atoms with Crippen LogP contribution in [0.15, 0.2) is 46.7 Å². The summed E-state index contributed by atoms with van der Waals surface area (Å²) in [5.41, 5.74) is 1.11. The van der Waals surface area contributed by atoms with Crippen molar-refractivity contribution in [3.05, 3.63) is 69.3 Å². The van der Waals surface area contributed by atoms with Gasteiger partial charge in [0.15, 0.2) is 4.96 Å². The van der Waals surface area contributed by atoms with Crippen LogP contribution in [0.25, 0.3) is 4.96 Å². The van der Waals surface area contributed by atoms with Gasteiger partial charge < -0.3 is 4.90 Å². The van der Waals surface area contributed by atoms with Crippen LogP contribution < -0.4 is 5.56 Å². The Bertz CT molecular complexity index is 988. The molecule has 5 nitrogen and oxygen atoms in total. The van der Waals surface area contributed by atoms with Gasteiger partial charge in [-0.3, -0.25) is 14.0 Å². The van der Waals surface area contributed by atoms with Gasteiger partial charge in [0.25, 0.3) is 11.5 Å². The average Bonchev–Trinajstić information content (AvgIpc) is 3.11. The first-order chi connectivity index (χ1) is 12.6. The van der Waals surface area contributed by atoms with Gasteiger partial charge in [-0.15, -0.1) is 11.3 Å². The minimum atomic E-state index is -0.387.